The molecule has 18 heavy (non-hydrogen) atoms. The van der Waals surface area contributed by atoms with Gasteiger partial charge in [-0.3, -0.25) is 14.6 Å². The zero-order chi connectivity index (χ0) is 12.7. The molecule has 2 aliphatic heterocycles. The van der Waals surface area contributed by atoms with E-state index in [9.17, 15) is 14.4 Å². The van der Waals surface area contributed by atoms with E-state index < -0.39 is 11.2 Å². The van der Waals surface area contributed by atoms with Crippen LogP contribution in [0.1, 0.15) is 28.9 Å². The lowest BCUT2D eigenvalue weighted by atomic mass is 10.1. The average Bonchev–Trinajstić information content (AvgIpc) is 2.69. The number of amides is 1. The lowest BCUT2D eigenvalue weighted by Gasteiger charge is -2.30. The number of aromatic amines is 2. The Morgan fingerprint density at radius 2 is 1.83 bits per heavy atom. The van der Waals surface area contributed by atoms with Crippen molar-refractivity contribution in [3.05, 3.63) is 32.1 Å². The first kappa shape index (κ1) is 11.2. The van der Waals surface area contributed by atoms with Gasteiger partial charge in [0.2, 0.25) is 0 Å². The van der Waals surface area contributed by atoms with E-state index in [0.29, 0.717) is 18.8 Å². The van der Waals surface area contributed by atoms with Gasteiger partial charge in [-0.15, -0.1) is 0 Å². The summed E-state index contributed by atoms with van der Waals surface area (Å²) < 4.78 is 5.25. The smallest absolute Gasteiger partial charge is 0.326 e. The molecule has 3 heterocycles. The van der Waals surface area contributed by atoms with Crippen LogP contribution in [0, 0.1) is 0 Å². The molecule has 0 radical (unpaired) electrons. The van der Waals surface area contributed by atoms with Crippen molar-refractivity contribution >= 4 is 5.91 Å². The van der Waals surface area contributed by atoms with Crippen LogP contribution in [-0.2, 0) is 11.3 Å². The van der Waals surface area contributed by atoms with Crippen molar-refractivity contribution in [1.82, 2.24) is 14.9 Å². The van der Waals surface area contributed by atoms with Crippen molar-refractivity contribution in [2.45, 2.75) is 25.4 Å². The van der Waals surface area contributed by atoms with Gasteiger partial charge < -0.3 is 14.6 Å². The molecule has 1 amide bonds. The molecule has 0 unspecified atom stereocenters. The van der Waals surface area contributed by atoms with E-state index in [2.05, 4.69) is 9.97 Å². The van der Waals surface area contributed by atoms with E-state index in [1.165, 1.54) is 0 Å². The van der Waals surface area contributed by atoms with Crippen molar-refractivity contribution < 1.29 is 9.53 Å². The van der Waals surface area contributed by atoms with Crippen LogP contribution in [0.5, 0.6) is 0 Å². The van der Waals surface area contributed by atoms with Crippen LogP contribution in [0.15, 0.2) is 9.59 Å². The zero-order valence-corrected chi connectivity index (χ0v) is 9.69. The maximum absolute atomic E-state index is 12.2. The summed E-state index contributed by atoms with van der Waals surface area (Å²) >= 11 is 0. The molecule has 1 saturated heterocycles. The molecule has 0 saturated carbocycles. The Morgan fingerprint density at radius 1 is 1.11 bits per heavy atom. The van der Waals surface area contributed by atoms with Gasteiger partial charge in [0, 0.05) is 19.3 Å². The Labute approximate surface area is 102 Å². The number of H-pyrrole nitrogens is 2. The number of rotatable bonds is 1. The van der Waals surface area contributed by atoms with Gasteiger partial charge in [0.1, 0.15) is 5.69 Å². The summed E-state index contributed by atoms with van der Waals surface area (Å²) in [6.07, 6.45) is 1.53. The zero-order valence-electron chi connectivity index (χ0n) is 9.69. The highest BCUT2D eigenvalue weighted by Crippen LogP contribution is 2.24. The first-order chi connectivity index (χ1) is 8.66. The number of hydrogen-bond acceptors (Lipinski definition) is 4. The van der Waals surface area contributed by atoms with E-state index in [1.54, 1.807) is 4.90 Å². The Morgan fingerprint density at radius 3 is 2.56 bits per heavy atom. The molecule has 7 nitrogen and oxygen atoms in total. The molecule has 0 atom stereocenters. The highest BCUT2D eigenvalue weighted by Gasteiger charge is 2.35. The molecule has 0 spiro atoms. The molecular weight excluding hydrogens is 238 g/mol. The van der Waals surface area contributed by atoms with Gasteiger partial charge in [0.05, 0.1) is 12.1 Å². The summed E-state index contributed by atoms with van der Waals surface area (Å²) in [6.45, 7) is 1.51. The minimum atomic E-state index is -0.638. The summed E-state index contributed by atoms with van der Waals surface area (Å²) in [7, 11) is 0. The van der Waals surface area contributed by atoms with Gasteiger partial charge in [0.25, 0.3) is 11.5 Å². The predicted octanol–water partition coefficient (Wildman–Crippen LogP) is -0.802. The topological polar surface area (TPSA) is 95.3 Å². The molecule has 0 aromatic carbocycles. The molecule has 2 aliphatic rings. The highest BCUT2D eigenvalue weighted by molar-refractivity contribution is 5.96. The van der Waals surface area contributed by atoms with Crippen molar-refractivity contribution in [2.24, 2.45) is 0 Å². The normalized spacial score (nSPS) is 20.2. The average molecular weight is 251 g/mol. The van der Waals surface area contributed by atoms with Crippen LogP contribution in [0.4, 0.5) is 0 Å². The molecule has 1 aromatic heterocycles. The quantitative estimate of drug-likeness (QED) is 0.683. The minimum Gasteiger partial charge on any atom is -0.381 e. The number of aromatic nitrogens is 2. The first-order valence-corrected chi connectivity index (χ1v) is 5.91. The third-order valence-corrected chi connectivity index (χ3v) is 3.48. The maximum Gasteiger partial charge on any atom is 0.326 e. The van der Waals surface area contributed by atoms with Crippen LogP contribution >= 0.6 is 0 Å². The van der Waals surface area contributed by atoms with Gasteiger partial charge in [-0.1, -0.05) is 0 Å². The van der Waals surface area contributed by atoms with Crippen LogP contribution in [0.3, 0.4) is 0 Å². The summed E-state index contributed by atoms with van der Waals surface area (Å²) in [6, 6.07) is 0.0848. The van der Waals surface area contributed by atoms with Crippen LogP contribution in [0.2, 0.25) is 0 Å². The Hall–Kier alpha value is -1.89. The fourth-order valence-corrected chi connectivity index (χ4v) is 2.52. The number of fused-ring (bicyclic) bond motifs is 1. The number of carbonyl (C=O) groups is 1. The third kappa shape index (κ3) is 1.67. The number of nitrogens with zero attached hydrogens (tertiary/aromatic N) is 1. The van der Waals surface area contributed by atoms with E-state index in [0.717, 1.165) is 12.8 Å². The predicted molar refractivity (Wildman–Crippen MR) is 61.4 cm³/mol. The lowest BCUT2D eigenvalue weighted by Crippen LogP contribution is -2.39. The van der Waals surface area contributed by atoms with Gasteiger partial charge in [-0.05, 0) is 12.8 Å². The molecule has 1 fully saturated rings. The van der Waals surface area contributed by atoms with Crippen LogP contribution in [0.25, 0.3) is 0 Å². The summed E-state index contributed by atoms with van der Waals surface area (Å²) in [5.74, 6) is -0.264. The van der Waals surface area contributed by atoms with Crippen molar-refractivity contribution in [3.63, 3.8) is 0 Å². The number of nitrogens with one attached hydrogen (secondary N) is 2. The summed E-state index contributed by atoms with van der Waals surface area (Å²) in [4.78, 5) is 41.2. The lowest BCUT2D eigenvalue weighted by molar-refractivity contribution is 0.0301. The minimum absolute atomic E-state index is 0.0848. The molecule has 7 heteroatoms. The standard InChI is InChI=1S/C11H13N3O4/c15-9-7-5-14(6-1-3-18-4-2-6)10(16)8(7)12-11(17)13-9/h6H,1-5H2,(H2,12,13,15,17). The maximum atomic E-state index is 12.2. The van der Waals surface area contributed by atoms with Gasteiger partial charge in [-0.2, -0.15) is 0 Å². The first-order valence-electron chi connectivity index (χ1n) is 5.91. The molecule has 96 valence electrons. The van der Waals surface area contributed by atoms with E-state index in [-0.39, 0.29) is 24.2 Å². The van der Waals surface area contributed by atoms with Crippen LogP contribution in [-0.4, -0.2) is 40.0 Å². The molecule has 2 N–H and O–H groups in total. The molecule has 1 aromatic rings. The third-order valence-electron chi connectivity index (χ3n) is 3.48. The summed E-state index contributed by atoms with van der Waals surface area (Å²) in [5, 5.41) is 0. The molecule has 3 rings (SSSR count). The number of hydrogen-bond donors (Lipinski definition) is 2. The molecule has 0 bridgehead atoms. The fraction of sp³-hybridized carbons (Fsp3) is 0.545. The summed E-state index contributed by atoms with van der Waals surface area (Å²) in [5.41, 5.74) is -0.626. The largest absolute Gasteiger partial charge is 0.381 e. The second-order valence-corrected chi connectivity index (χ2v) is 4.54. The number of carbonyl (C=O) groups excluding carboxylic acids is 1. The number of ether oxygens (including phenoxy) is 1. The van der Waals surface area contributed by atoms with Crippen molar-refractivity contribution in [2.75, 3.05) is 13.2 Å². The van der Waals surface area contributed by atoms with E-state index in [4.69, 9.17) is 4.74 Å². The highest BCUT2D eigenvalue weighted by atomic mass is 16.5. The SMILES string of the molecule is O=C1c2[nH]c(=O)[nH]c(=O)c2CN1C1CCOCC1. The Bertz CT molecular complexity index is 597. The fourth-order valence-electron chi connectivity index (χ4n) is 2.52. The van der Waals surface area contributed by atoms with Gasteiger partial charge in [-0.25, -0.2) is 4.79 Å². The van der Waals surface area contributed by atoms with Crippen molar-refractivity contribution in [3.8, 4) is 0 Å². The van der Waals surface area contributed by atoms with Crippen LogP contribution < -0.4 is 11.2 Å². The Balaban J connectivity index is 1.96. The second kappa shape index (κ2) is 4.09. The van der Waals surface area contributed by atoms with E-state index in [1.807, 2.05) is 0 Å². The molecule has 0 aliphatic carbocycles. The van der Waals surface area contributed by atoms with Gasteiger partial charge in [0.15, 0.2) is 0 Å². The Kier molecular flexibility index (Phi) is 2.55. The van der Waals surface area contributed by atoms with Crippen molar-refractivity contribution in [1.29, 1.82) is 0 Å². The van der Waals surface area contributed by atoms with Gasteiger partial charge >= 0.3 is 5.69 Å². The molecular formula is C11H13N3O4. The second-order valence-electron chi connectivity index (χ2n) is 4.54. The monoisotopic (exact) mass is 251 g/mol. The van der Waals surface area contributed by atoms with E-state index >= 15 is 0 Å².